The van der Waals surface area contributed by atoms with Gasteiger partial charge in [-0.2, -0.15) is 0 Å². The molecule has 0 saturated carbocycles. The van der Waals surface area contributed by atoms with E-state index in [4.69, 9.17) is 0 Å². The molecule has 0 aliphatic heterocycles. The molecular formula is C14H24O. The van der Waals surface area contributed by atoms with Gasteiger partial charge in [-0.25, -0.2) is 0 Å². The molecule has 0 fully saturated rings. The molecule has 1 unspecified atom stereocenters. The largest absolute Gasteiger partial charge is 0.299 e. The van der Waals surface area contributed by atoms with Crippen molar-refractivity contribution in [1.29, 1.82) is 0 Å². The lowest BCUT2D eigenvalue weighted by Crippen LogP contribution is -2.12. The monoisotopic (exact) mass is 208 g/mol. The van der Waals surface area contributed by atoms with Gasteiger partial charge in [-0.15, -0.1) is 0 Å². The molecule has 1 aliphatic rings. The molecule has 0 amide bonds. The summed E-state index contributed by atoms with van der Waals surface area (Å²) in [5.41, 5.74) is 1.54. The van der Waals surface area contributed by atoms with Crippen molar-refractivity contribution in [1.82, 2.24) is 0 Å². The van der Waals surface area contributed by atoms with Crippen molar-refractivity contribution >= 4 is 5.78 Å². The summed E-state index contributed by atoms with van der Waals surface area (Å²) < 4.78 is 0. The van der Waals surface area contributed by atoms with Gasteiger partial charge in [-0.1, -0.05) is 37.8 Å². The van der Waals surface area contributed by atoms with Gasteiger partial charge in [0.05, 0.1) is 0 Å². The molecule has 1 aliphatic carbocycles. The minimum Gasteiger partial charge on any atom is -0.299 e. The highest BCUT2D eigenvalue weighted by molar-refractivity contribution is 5.80. The lowest BCUT2D eigenvalue weighted by atomic mass is 9.86. The van der Waals surface area contributed by atoms with E-state index in [2.05, 4.69) is 13.0 Å². The van der Waals surface area contributed by atoms with E-state index >= 15 is 0 Å². The second-order valence-corrected chi connectivity index (χ2v) is 4.74. The summed E-state index contributed by atoms with van der Waals surface area (Å²) >= 11 is 0. The zero-order valence-corrected chi connectivity index (χ0v) is 10.2. The first kappa shape index (κ1) is 12.5. The van der Waals surface area contributed by atoms with E-state index in [1.807, 2.05) is 0 Å². The number of allylic oxidation sites excluding steroid dienone is 2. The van der Waals surface area contributed by atoms with Gasteiger partial charge in [0, 0.05) is 5.92 Å². The van der Waals surface area contributed by atoms with Gasteiger partial charge in [0.25, 0.3) is 0 Å². The second-order valence-electron chi connectivity index (χ2n) is 4.74. The highest BCUT2D eigenvalue weighted by Gasteiger charge is 2.16. The van der Waals surface area contributed by atoms with E-state index in [1.165, 1.54) is 50.5 Å². The Kier molecular flexibility index (Phi) is 5.67. The first-order valence-electron chi connectivity index (χ1n) is 6.44. The van der Waals surface area contributed by atoms with E-state index < -0.39 is 0 Å². The Balaban J connectivity index is 2.30. The average Bonchev–Trinajstić information content (AvgIpc) is 2.25. The predicted octanol–water partition coefficient (Wildman–Crippen LogP) is 4.27. The molecule has 0 radical (unpaired) electrons. The molecular weight excluding hydrogens is 184 g/mol. The van der Waals surface area contributed by atoms with Crippen molar-refractivity contribution in [2.75, 3.05) is 0 Å². The molecule has 0 saturated heterocycles. The summed E-state index contributed by atoms with van der Waals surface area (Å²) in [6, 6.07) is 0. The van der Waals surface area contributed by atoms with Gasteiger partial charge in [0.1, 0.15) is 5.78 Å². The summed E-state index contributed by atoms with van der Waals surface area (Å²) in [6.07, 6.45) is 12.3. The van der Waals surface area contributed by atoms with Crippen LogP contribution in [0, 0.1) is 5.92 Å². The van der Waals surface area contributed by atoms with Crippen molar-refractivity contribution < 1.29 is 4.79 Å². The number of Topliss-reactive ketones (excluding diaryl/α,β-unsaturated/α-hetero) is 1. The van der Waals surface area contributed by atoms with Crippen LogP contribution in [0.15, 0.2) is 11.6 Å². The van der Waals surface area contributed by atoms with Crippen LogP contribution in [-0.4, -0.2) is 5.78 Å². The number of ketones is 1. The van der Waals surface area contributed by atoms with Crippen molar-refractivity contribution in [3.63, 3.8) is 0 Å². The van der Waals surface area contributed by atoms with Crippen LogP contribution in [0.5, 0.6) is 0 Å². The Bertz CT molecular complexity index is 227. The zero-order chi connectivity index (χ0) is 11.1. The van der Waals surface area contributed by atoms with E-state index in [0.717, 1.165) is 6.42 Å². The summed E-state index contributed by atoms with van der Waals surface area (Å²) in [6.45, 7) is 3.97. The maximum atomic E-state index is 11.3. The fourth-order valence-corrected chi connectivity index (χ4v) is 2.31. The average molecular weight is 208 g/mol. The molecule has 0 heterocycles. The van der Waals surface area contributed by atoms with Crippen molar-refractivity contribution in [3.05, 3.63) is 11.6 Å². The fourth-order valence-electron chi connectivity index (χ4n) is 2.31. The minimum atomic E-state index is 0.236. The molecule has 15 heavy (non-hydrogen) atoms. The van der Waals surface area contributed by atoms with Crippen LogP contribution in [-0.2, 0) is 4.79 Å². The van der Waals surface area contributed by atoms with Crippen molar-refractivity contribution in [3.8, 4) is 0 Å². The van der Waals surface area contributed by atoms with E-state index in [9.17, 15) is 4.79 Å². The molecule has 0 spiro atoms. The van der Waals surface area contributed by atoms with Gasteiger partial charge in [-0.3, -0.25) is 4.79 Å². The summed E-state index contributed by atoms with van der Waals surface area (Å²) in [4.78, 5) is 11.3. The lowest BCUT2D eigenvalue weighted by Gasteiger charge is -2.19. The minimum absolute atomic E-state index is 0.236. The molecule has 86 valence electrons. The SMILES string of the molecule is CCCCCCC1=CC(C(C)=O)CCC1. The fraction of sp³-hybridized carbons (Fsp3) is 0.786. The Morgan fingerprint density at radius 3 is 2.87 bits per heavy atom. The summed E-state index contributed by atoms with van der Waals surface area (Å²) in [5.74, 6) is 0.584. The molecule has 0 bridgehead atoms. The second kappa shape index (κ2) is 6.81. The quantitative estimate of drug-likeness (QED) is 0.470. The van der Waals surface area contributed by atoms with Gasteiger partial charge in [0.2, 0.25) is 0 Å². The number of rotatable bonds is 6. The Hall–Kier alpha value is -0.590. The van der Waals surface area contributed by atoms with Crippen LogP contribution in [0.4, 0.5) is 0 Å². The standard InChI is InChI=1S/C14H24O/c1-3-4-5-6-8-13-9-7-10-14(11-13)12(2)15/h11,14H,3-10H2,1-2H3. The zero-order valence-electron chi connectivity index (χ0n) is 10.2. The smallest absolute Gasteiger partial charge is 0.136 e. The summed E-state index contributed by atoms with van der Waals surface area (Å²) in [5, 5.41) is 0. The predicted molar refractivity (Wildman–Crippen MR) is 64.9 cm³/mol. The third kappa shape index (κ3) is 4.63. The maximum absolute atomic E-state index is 11.3. The van der Waals surface area contributed by atoms with Crippen LogP contribution in [0.3, 0.4) is 0 Å². The lowest BCUT2D eigenvalue weighted by molar-refractivity contribution is -0.119. The highest BCUT2D eigenvalue weighted by atomic mass is 16.1. The van der Waals surface area contributed by atoms with Gasteiger partial charge in [0.15, 0.2) is 0 Å². The molecule has 0 N–H and O–H groups in total. The molecule has 1 heteroatoms. The Morgan fingerprint density at radius 2 is 2.20 bits per heavy atom. The number of unbranched alkanes of at least 4 members (excludes halogenated alkanes) is 3. The first-order valence-corrected chi connectivity index (χ1v) is 6.44. The molecule has 1 nitrogen and oxygen atoms in total. The maximum Gasteiger partial charge on any atom is 0.136 e. The van der Waals surface area contributed by atoms with Crippen LogP contribution in [0.1, 0.15) is 65.2 Å². The topological polar surface area (TPSA) is 17.1 Å². The molecule has 0 aromatic heterocycles. The molecule has 1 rings (SSSR count). The molecule has 0 aromatic rings. The Morgan fingerprint density at radius 1 is 1.40 bits per heavy atom. The molecule has 1 atom stereocenters. The van der Waals surface area contributed by atoms with Gasteiger partial charge in [-0.05, 0) is 39.0 Å². The van der Waals surface area contributed by atoms with Crippen molar-refractivity contribution in [2.45, 2.75) is 65.2 Å². The Labute approximate surface area is 93.9 Å². The number of hydrogen-bond acceptors (Lipinski definition) is 1. The molecule has 0 aromatic carbocycles. The number of carbonyl (C=O) groups excluding carboxylic acids is 1. The first-order chi connectivity index (χ1) is 7.24. The van der Waals surface area contributed by atoms with E-state index in [0.29, 0.717) is 5.78 Å². The normalized spacial score (nSPS) is 21.2. The third-order valence-electron chi connectivity index (χ3n) is 3.32. The van der Waals surface area contributed by atoms with E-state index in [-0.39, 0.29) is 5.92 Å². The van der Waals surface area contributed by atoms with Gasteiger partial charge < -0.3 is 0 Å². The van der Waals surface area contributed by atoms with Crippen LogP contribution in [0.25, 0.3) is 0 Å². The van der Waals surface area contributed by atoms with Gasteiger partial charge >= 0.3 is 0 Å². The van der Waals surface area contributed by atoms with Crippen molar-refractivity contribution in [2.24, 2.45) is 5.92 Å². The number of carbonyl (C=O) groups is 1. The van der Waals surface area contributed by atoms with E-state index in [1.54, 1.807) is 6.92 Å². The highest BCUT2D eigenvalue weighted by Crippen LogP contribution is 2.26. The number of hydrogen-bond donors (Lipinski definition) is 0. The third-order valence-corrected chi connectivity index (χ3v) is 3.32. The van der Waals surface area contributed by atoms with Crippen LogP contribution in [0.2, 0.25) is 0 Å². The van der Waals surface area contributed by atoms with Crippen LogP contribution < -0.4 is 0 Å². The summed E-state index contributed by atoms with van der Waals surface area (Å²) in [7, 11) is 0. The van der Waals surface area contributed by atoms with Crippen LogP contribution >= 0.6 is 0 Å².